The fourth-order valence-electron chi connectivity index (χ4n) is 1.78. The molecule has 1 heterocycles. The highest BCUT2D eigenvalue weighted by molar-refractivity contribution is 8.00. The Labute approximate surface area is 124 Å². The van der Waals surface area contributed by atoms with Crippen molar-refractivity contribution in [3.63, 3.8) is 0 Å². The van der Waals surface area contributed by atoms with Crippen LogP contribution in [0.25, 0.3) is 0 Å². The topological polar surface area (TPSA) is 33.5 Å². The first-order valence-electron chi connectivity index (χ1n) is 6.52. The standard InChI is InChI=1S/C16H19NO2S/c1-12-6-7-15(9-13(12)2)20-11-16(18)17(3)10-14-5-4-8-19-14/h4-9H,10-11H2,1-3H3. The van der Waals surface area contributed by atoms with Gasteiger partial charge in [-0.15, -0.1) is 11.8 Å². The quantitative estimate of drug-likeness (QED) is 0.788. The van der Waals surface area contributed by atoms with E-state index in [4.69, 9.17) is 4.42 Å². The molecule has 0 radical (unpaired) electrons. The number of carbonyl (C=O) groups excluding carboxylic acids is 1. The number of rotatable bonds is 5. The maximum atomic E-state index is 12.1. The minimum Gasteiger partial charge on any atom is -0.467 e. The smallest absolute Gasteiger partial charge is 0.233 e. The monoisotopic (exact) mass is 289 g/mol. The first-order valence-corrected chi connectivity index (χ1v) is 7.51. The zero-order valence-electron chi connectivity index (χ0n) is 12.1. The Balaban J connectivity index is 1.86. The minimum atomic E-state index is 0.102. The van der Waals surface area contributed by atoms with Gasteiger partial charge in [0.05, 0.1) is 18.6 Å². The van der Waals surface area contributed by atoms with Crippen LogP contribution in [0.5, 0.6) is 0 Å². The average Bonchev–Trinajstić information content (AvgIpc) is 2.92. The molecule has 0 aliphatic rings. The van der Waals surface area contributed by atoms with E-state index >= 15 is 0 Å². The second-order valence-electron chi connectivity index (χ2n) is 4.86. The van der Waals surface area contributed by atoms with E-state index in [1.165, 1.54) is 11.1 Å². The molecule has 0 spiro atoms. The molecule has 0 atom stereocenters. The van der Waals surface area contributed by atoms with E-state index in [9.17, 15) is 4.79 Å². The van der Waals surface area contributed by atoms with E-state index in [1.54, 1.807) is 30.0 Å². The fraction of sp³-hybridized carbons (Fsp3) is 0.312. The van der Waals surface area contributed by atoms with Gasteiger partial charge >= 0.3 is 0 Å². The maximum absolute atomic E-state index is 12.1. The summed E-state index contributed by atoms with van der Waals surface area (Å²) in [7, 11) is 1.80. The number of hydrogen-bond donors (Lipinski definition) is 0. The molecule has 1 amide bonds. The van der Waals surface area contributed by atoms with Gasteiger partial charge in [-0.05, 0) is 49.2 Å². The second kappa shape index (κ2) is 6.66. The van der Waals surface area contributed by atoms with Crippen LogP contribution in [0.4, 0.5) is 0 Å². The van der Waals surface area contributed by atoms with E-state index in [0.717, 1.165) is 10.7 Å². The Kier molecular flexibility index (Phi) is 4.90. The molecule has 0 unspecified atom stereocenters. The summed E-state index contributed by atoms with van der Waals surface area (Å²) in [6.45, 7) is 4.69. The predicted octanol–water partition coefficient (Wildman–Crippen LogP) is 3.65. The van der Waals surface area contributed by atoms with Gasteiger partial charge < -0.3 is 9.32 Å². The van der Waals surface area contributed by atoms with Crippen LogP contribution in [0.15, 0.2) is 45.9 Å². The van der Waals surface area contributed by atoms with Crippen LogP contribution in [0.2, 0.25) is 0 Å². The van der Waals surface area contributed by atoms with Crippen molar-refractivity contribution in [3.8, 4) is 0 Å². The number of carbonyl (C=O) groups is 1. The first kappa shape index (κ1) is 14.7. The molecule has 20 heavy (non-hydrogen) atoms. The third-order valence-electron chi connectivity index (χ3n) is 3.24. The van der Waals surface area contributed by atoms with E-state index in [0.29, 0.717) is 12.3 Å². The van der Waals surface area contributed by atoms with Gasteiger partial charge in [0.15, 0.2) is 0 Å². The van der Waals surface area contributed by atoms with Crippen molar-refractivity contribution in [1.82, 2.24) is 4.90 Å². The van der Waals surface area contributed by atoms with E-state index < -0.39 is 0 Å². The number of hydrogen-bond acceptors (Lipinski definition) is 3. The van der Waals surface area contributed by atoms with Crippen LogP contribution in [0, 0.1) is 13.8 Å². The van der Waals surface area contributed by atoms with Crippen LogP contribution in [0.1, 0.15) is 16.9 Å². The predicted molar refractivity (Wildman–Crippen MR) is 81.8 cm³/mol. The lowest BCUT2D eigenvalue weighted by molar-refractivity contribution is -0.127. The largest absolute Gasteiger partial charge is 0.467 e. The summed E-state index contributed by atoms with van der Waals surface area (Å²) in [5, 5.41) is 0. The Bertz CT molecular complexity index is 578. The molecule has 1 aromatic heterocycles. The molecule has 0 fully saturated rings. The molecule has 0 aliphatic heterocycles. The zero-order valence-corrected chi connectivity index (χ0v) is 12.9. The van der Waals surface area contributed by atoms with Gasteiger partial charge in [0.1, 0.15) is 5.76 Å². The van der Waals surface area contributed by atoms with Gasteiger partial charge in [-0.2, -0.15) is 0 Å². The summed E-state index contributed by atoms with van der Waals surface area (Å²) in [6, 6.07) is 9.99. The average molecular weight is 289 g/mol. The van der Waals surface area contributed by atoms with Crippen molar-refractivity contribution in [1.29, 1.82) is 0 Å². The van der Waals surface area contributed by atoms with Gasteiger partial charge in [0, 0.05) is 11.9 Å². The summed E-state index contributed by atoms with van der Waals surface area (Å²) in [5.41, 5.74) is 2.53. The molecule has 1 aromatic carbocycles. The van der Waals surface area contributed by atoms with Crippen LogP contribution in [-0.4, -0.2) is 23.6 Å². The van der Waals surface area contributed by atoms with Crippen LogP contribution in [0.3, 0.4) is 0 Å². The van der Waals surface area contributed by atoms with Crippen molar-refractivity contribution >= 4 is 17.7 Å². The second-order valence-corrected chi connectivity index (χ2v) is 5.91. The van der Waals surface area contributed by atoms with Crippen molar-refractivity contribution in [2.75, 3.05) is 12.8 Å². The first-order chi connectivity index (χ1) is 9.56. The van der Waals surface area contributed by atoms with Crippen molar-refractivity contribution in [2.24, 2.45) is 0 Å². The highest BCUT2D eigenvalue weighted by Gasteiger charge is 2.11. The van der Waals surface area contributed by atoms with Gasteiger partial charge in [0.25, 0.3) is 0 Å². The molecular formula is C16H19NO2S. The SMILES string of the molecule is Cc1ccc(SCC(=O)N(C)Cc2ccco2)cc1C. The van der Waals surface area contributed by atoms with Gasteiger partial charge in [-0.25, -0.2) is 0 Å². The summed E-state index contributed by atoms with van der Waals surface area (Å²) >= 11 is 1.57. The lowest BCUT2D eigenvalue weighted by atomic mass is 10.1. The number of nitrogens with zero attached hydrogens (tertiary/aromatic N) is 1. The Morgan fingerprint density at radius 3 is 2.70 bits per heavy atom. The summed E-state index contributed by atoms with van der Waals surface area (Å²) < 4.78 is 5.25. The number of aryl methyl sites for hydroxylation is 2. The summed E-state index contributed by atoms with van der Waals surface area (Å²) in [6.07, 6.45) is 1.62. The third-order valence-corrected chi connectivity index (χ3v) is 4.22. The van der Waals surface area contributed by atoms with Crippen molar-refractivity contribution < 1.29 is 9.21 Å². The molecule has 0 saturated heterocycles. The molecular weight excluding hydrogens is 270 g/mol. The number of thioether (sulfide) groups is 1. The lowest BCUT2D eigenvalue weighted by Crippen LogP contribution is -2.27. The van der Waals surface area contributed by atoms with Crippen molar-refractivity contribution in [3.05, 3.63) is 53.5 Å². The lowest BCUT2D eigenvalue weighted by Gasteiger charge is -2.15. The summed E-state index contributed by atoms with van der Waals surface area (Å²) in [5.74, 6) is 1.35. The van der Waals surface area contributed by atoms with E-state index in [2.05, 4.69) is 32.0 Å². The van der Waals surface area contributed by atoms with Crippen LogP contribution in [-0.2, 0) is 11.3 Å². The van der Waals surface area contributed by atoms with Gasteiger partial charge in [-0.1, -0.05) is 6.07 Å². The maximum Gasteiger partial charge on any atom is 0.233 e. The van der Waals surface area contributed by atoms with E-state index in [1.807, 2.05) is 12.1 Å². The Morgan fingerprint density at radius 1 is 1.25 bits per heavy atom. The molecule has 2 aromatic rings. The molecule has 0 N–H and O–H groups in total. The third kappa shape index (κ3) is 3.90. The molecule has 0 saturated carbocycles. The normalized spacial score (nSPS) is 10.6. The highest BCUT2D eigenvalue weighted by Crippen LogP contribution is 2.21. The highest BCUT2D eigenvalue weighted by atomic mass is 32.2. The number of benzene rings is 1. The molecule has 4 heteroatoms. The van der Waals surface area contributed by atoms with Crippen LogP contribution >= 0.6 is 11.8 Å². The number of amides is 1. The molecule has 0 bridgehead atoms. The van der Waals surface area contributed by atoms with Crippen molar-refractivity contribution in [2.45, 2.75) is 25.3 Å². The fourth-order valence-corrected chi connectivity index (χ4v) is 2.72. The van der Waals surface area contributed by atoms with Crippen LogP contribution < -0.4 is 0 Å². The Morgan fingerprint density at radius 2 is 2.05 bits per heavy atom. The molecule has 3 nitrogen and oxygen atoms in total. The number of furan rings is 1. The molecule has 106 valence electrons. The zero-order chi connectivity index (χ0) is 14.5. The van der Waals surface area contributed by atoms with E-state index in [-0.39, 0.29) is 5.91 Å². The molecule has 0 aliphatic carbocycles. The Hall–Kier alpha value is -1.68. The minimum absolute atomic E-state index is 0.102. The van der Waals surface area contributed by atoms with Gasteiger partial charge in [-0.3, -0.25) is 4.79 Å². The molecule has 2 rings (SSSR count). The van der Waals surface area contributed by atoms with Gasteiger partial charge in [0.2, 0.25) is 5.91 Å². The summed E-state index contributed by atoms with van der Waals surface area (Å²) in [4.78, 5) is 14.9.